The van der Waals surface area contributed by atoms with Gasteiger partial charge in [-0.3, -0.25) is 19.3 Å². The predicted octanol–water partition coefficient (Wildman–Crippen LogP) is 3.97. The highest BCUT2D eigenvalue weighted by atomic mass is 32.1. The van der Waals surface area contributed by atoms with Crippen molar-refractivity contribution < 1.29 is 19.1 Å². The molecule has 31 heavy (non-hydrogen) atoms. The fourth-order valence-electron chi connectivity index (χ4n) is 4.38. The lowest BCUT2D eigenvalue weighted by Gasteiger charge is -2.23. The molecule has 1 aromatic heterocycles. The Morgan fingerprint density at radius 3 is 2.77 bits per heavy atom. The zero-order chi connectivity index (χ0) is 22.0. The molecule has 0 N–H and O–H groups in total. The average Bonchev–Trinajstić information content (AvgIpc) is 3.47. The van der Waals surface area contributed by atoms with Gasteiger partial charge in [-0.2, -0.15) is 0 Å². The summed E-state index contributed by atoms with van der Waals surface area (Å²) in [6.07, 6.45) is 4.58. The van der Waals surface area contributed by atoms with Gasteiger partial charge < -0.3 is 9.64 Å². The van der Waals surface area contributed by atoms with E-state index in [0.717, 1.165) is 36.9 Å². The summed E-state index contributed by atoms with van der Waals surface area (Å²) in [6.45, 7) is 3.95. The maximum atomic E-state index is 12.5. The van der Waals surface area contributed by atoms with Gasteiger partial charge >= 0.3 is 5.97 Å². The minimum absolute atomic E-state index is 0.0308. The van der Waals surface area contributed by atoms with Gasteiger partial charge in [-0.25, -0.2) is 4.98 Å². The molecule has 2 aromatic rings. The van der Waals surface area contributed by atoms with Crippen LogP contribution in [-0.4, -0.2) is 40.3 Å². The van der Waals surface area contributed by atoms with E-state index in [2.05, 4.69) is 4.98 Å². The Morgan fingerprint density at radius 1 is 1.29 bits per heavy atom. The molecule has 1 aromatic carbocycles. The Kier molecular flexibility index (Phi) is 6.36. The number of aromatic nitrogens is 1. The van der Waals surface area contributed by atoms with E-state index >= 15 is 0 Å². The fraction of sp³-hybridized carbons (Fsp3) is 0.478. The summed E-state index contributed by atoms with van der Waals surface area (Å²) < 4.78 is 5.47. The molecular formula is C23H27N3O4S. The first-order valence-corrected chi connectivity index (χ1v) is 11.6. The van der Waals surface area contributed by atoms with Crippen LogP contribution in [0.25, 0.3) is 0 Å². The summed E-state index contributed by atoms with van der Waals surface area (Å²) in [7, 11) is 0. The number of likely N-dealkylation sites (tertiary alicyclic amines) is 1. The number of nitrogens with zero attached hydrogens (tertiary/aromatic N) is 3. The molecule has 2 fully saturated rings. The topological polar surface area (TPSA) is 79.8 Å². The molecule has 1 aliphatic carbocycles. The molecule has 7 nitrogen and oxygen atoms in total. The summed E-state index contributed by atoms with van der Waals surface area (Å²) in [5, 5.41) is 2.33. The van der Waals surface area contributed by atoms with Crippen molar-refractivity contribution in [3.05, 3.63) is 40.9 Å². The zero-order valence-electron chi connectivity index (χ0n) is 17.9. The highest BCUT2D eigenvalue weighted by Gasteiger charge is 2.39. The normalized spacial score (nSPS) is 19.1. The van der Waals surface area contributed by atoms with E-state index < -0.39 is 5.92 Å². The number of anilines is 2. The van der Waals surface area contributed by atoms with Gasteiger partial charge in [0.1, 0.15) is 6.61 Å². The van der Waals surface area contributed by atoms with Crippen LogP contribution >= 0.6 is 11.3 Å². The van der Waals surface area contributed by atoms with Crippen LogP contribution < -0.4 is 4.90 Å². The fourth-order valence-corrected chi connectivity index (χ4v) is 5.25. The Balaban J connectivity index is 1.37. The van der Waals surface area contributed by atoms with Gasteiger partial charge in [0.15, 0.2) is 5.13 Å². The molecule has 2 aliphatic rings. The molecule has 4 rings (SSSR count). The summed E-state index contributed by atoms with van der Waals surface area (Å²) in [4.78, 5) is 45.0. The first-order valence-electron chi connectivity index (χ1n) is 10.7. The molecular weight excluding hydrogens is 414 g/mol. The van der Waals surface area contributed by atoms with Gasteiger partial charge in [0, 0.05) is 31.3 Å². The van der Waals surface area contributed by atoms with Gasteiger partial charge in [0.2, 0.25) is 11.8 Å². The van der Waals surface area contributed by atoms with Gasteiger partial charge in [-0.05, 0) is 37.5 Å². The lowest BCUT2D eigenvalue weighted by Crippen LogP contribution is -2.35. The Bertz CT molecular complexity index is 983. The second kappa shape index (κ2) is 9.18. The highest BCUT2D eigenvalue weighted by Crippen LogP contribution is 2.31. The van der Waals surface area contributed by atoms with Crippen LogP contribution in [0.3, 0.4) is 0 Å². The third-order valence-electron chi connectivity index (χ3n) is 5.93. The van der Waals surface area contributed by atoms with Crippen molar-refractivity contribution in [3.63, 3.8) is 0 Å². The molecule has 2 heterocycles. The molecule has 0 spiro atoms. The monoisotopic (exact) mass is 441 g/mol. The molecule has 8 heteroatoms. The van der Waals surface area contributed by atoms with Crippen LogP contribution in [0.4, 0.5) is 10.8 Å². The van der Waals surface area contributed by atoms with Gasteiger partial charge in [-0.15, -0.1) is 11.3 Å². The number of ether oxygens (including phenoxy) is 1. The van der Waals surface area contributed by atoms with Crippen LogP contribution in [0.5, 0.6) is 0 Å². The minimum atomic E-state index is -0.410. The maximum Gasteiger partial charge on any atom is 0.311 e. The number of rotatable bonds is 6. The standard InChI is InChI=1S/C23H27N3O4S/c1-15-6-5-9-20(10-15)26(16(2)27)23-24-18(14-31-23)13-30-22(29)17-11-21(28)25(12-17)19-7-3-4-8-19/h5-6,9-10,14,17,19H,3-4,7-8,11-13H2,1-2H3. The molecule has 0 radical (unpaired) electrons. The highest BCUT2D eigenvalue weighted by molar-refractivity contribution is 7.14. The lowest BCUT2D eigenvalue weighted by molar-refractivity contribution is -0.149. The van der Waals surface area contributed by atoms with Crippen molar-refractivity contribution in [2.75, 3.05) is 11.4 Å². The summed E-state index contributed by atoms with van der Waals surface area (Å²) >= 11 is 1.33. The largest absolute Gasteiger partial charge is 0.459 e. The number of aryl methyl sites for hydroxylation is 1. The van der Waals surface area contributed by atoms with E-state index in [1.165, 1.54) is 18.3 Å². The molecule has 1 atom stereocenters. The Morgan fingerprint density at radius 2 is 2.06 bits per heavy atom. The number of thiazole rings is 1. The van der Waals surface area contributed by atoms with Crippen LogP contribution in [-0.2, 0) is 25.7 Å². The molecule has 1 saturated carbocycles. The molecule has 1 unspecified atom stereocenters. The van der Waals surface area contributed by atoms with Crippen molar-refractivity contribution in [3.8, 4) is 0 Å². The lowest BCUT2D eigenvalue weighted by atomic mass is 10.1. The summed E-state index contributed by atoms with van der Waals surface area (Å²) in [5.74, 6) is -0.849. The van der Waals surface area contributed by atoms with Crippen molar-refractivity contribution >= 4 is 39.9 Å². The third-order valence-corrected chi connectivity index (χ3v) is 6.80. The average molecular weight is 442 g/mol. The third kappa shape index (κ3) is 4.79. The van der Waals surface area contributed by atoms with Crippen LogP contribution in [0.2, 0.25) is 0 Å². The number of esters is 1. The van der Waals surface area contributed by atoms with Crippen LogP contribution in [0, 0.1) is 12.8 Å². The molecule has 1 aliphatic heterocycles. The van der Waals surface area contributed by atoms with E-state index in [4.69, 9.17) is 4.74 Å². The zero-order valence-corrected chi connectivity index (χ0v) is 18.7. The molecule has 164 valence electrons. The smallest absolute Gasteiger partial charge is 0.311 e. The van der Waals surface area contributed by atoms with E-state index in [-0.39, 0.29) is 36.9 Å². The minimum Gasteiger partial charge on any atom is -0.459 e. The van der Waals surface area contributed by atoms with E-state index in [1.807, 2.05) is 36.1 Å². The number of hydrogen-bond acceptors (Lipinski definition) is 6. The van der Waals surface area contributed by atoms with Crippen molar-refractivity contribution in [2.45, 2.75) is 58.6 Å². The van der Waals surface area contributed by atoms with Gasteiger partial charge in [0.05, 0.1) is 17.3 Å². The summed E-state index contributed by atoms with van der Waals surface area (Å²) in [6, 6.07) is 7.94. The Hall–Kier alpha value is -2.74. The molecule has 0 bridgehead atoms. The van der Waals surface area contributed by atoms with E-state index in [1.54, 1.807) is 10.3 Å². The predicted molar refractivity (Wildman–Crippen MR) is 118 cm³/mol. The number of hydrogen-bond donors (Lipinski definition) is 0. The van der Waals surface area contributed by atoms with Crippen molar-refractivity contribution in [1.82, 2.24) is 9.88 Å². The first kappa shape index (κ1) is 21.5. The van der Waals surface area contributed by atoms with E-state index in [9.17, 15) is 14.4 Å². The van der Waals surface area contributed by atoms with E-state index in [0.29, 0.717) is 17.4 Å². The van der Waals surface area contributed by atoms with Crippen LogP contribution in [0.1, 0.15) is 50.3 Å². The maximum absolute atomic E-state index is 12.5. The Labute approximate surface area is 186 Å². The second-order valence-corrected chi connectivity index (χ2v) is 9.14. The first-order chi connectivity index (χ1) is 14.9. The number of carbonyl (C=O) groups is 3. The molecule has 2 amide bonds. The van der Waals surface area contributed by atoms with Gasteiger partial charge in [0.25, 0.3) is 0 Å². The number of benzene rings is 1. The molecule has 1 saturated heterocycles. The summed E-state index contributed by atoms with van der Waals surface area (Å²) in [5.41, 5.74) is 2.39. The van der Waals surface area contributed by atoms with Crippen molar-refractivity contribution in [1.29, 1.82) is 0 Å². The van der Waals surface area contributed by atoms with Gasteiger partial charge in [-0.1, -0.05) is 25.0 Å². The SMILES string of the molecule is CC(=O)N(c1cccc(C)c1)c1nc(COC(=O)C2CC(=O)N(C3CCCC3)C2)cs1. The number of carbonyl (C=O) groups excluding carboxylic acids is 3. The quantitative estimate of drug-likeness (QED) is 0.634. The van der Waals surface area contributed by atoms with Crippen LogP contribution in [0.15, 0.2) is 29.6 Å². The second-order valence-electron chi connectivity index (χ2n) is 8.31. The number of amides is 2. The van der Waals surface area contributed by atoms with Crippen molar-refractivity contribution in [2.24, 2.45) is 5.92 Å².